The first-order valence-electron chi connectivity index (χ1n) is 6.62. The Kier molecular flexibility index (Phi) is 3.07. The molecule has 1 aromatic carbocycles. The van der Waals surface area contributed by atoms with Crippen LogP contribution in [0.25, 0.3) is 0 Å². The van der Waals surface area contributed by atoms with Crippen molar-refractivity contribution in [2.24, 2.45) is 0 Å². The summed E-state index contributed by atoms with van der Waals surface area (Å²) < 4.78 is 0. The lowest BCUT2D eigenvalue weighted by atomic mass is 9.99. The van der Waals surface area contributed by atoms with Crippen LogP contribution in [-0.4, -0.2) is 23.1 Å². The lowest BCUT2D eigenvalue weighted by Gasteiger charge is -2.20. The summed E-state index contributed by atoms with van der Waals surface area (Å²) >= 11 is 0. The van der Waals surface area contributed by atoms with E-state index in [1.807, 2.05) is 6.92 Å². The summed E-state index contributed by atoms with van der Waals surface area (Å²) in [6.07, 6.45) is 2.71. The van der Waals surface area contributed by atoms with E-state index >= 15 is 0 Å². The average molecular weight is 254 g/mol. The highest BCUT2D eigenvalue weighted by Crippen LogP contribution is 2.31. The Bertz CT molecular complexity index is 568. The van der Waals surface area contributed by atoms with Crippen molar-refractivity contribution in [1.82, 2.24) is 9.97 Å². The Morgan fingerprint density at radius 1 is 1.21 bits per heavy atom. The van der Waals surface area contributed by atoms with Gasteiger partial charge in [-0.1, -0.05) is 30.3 Å². The van der Waals surface area contributed by atoms with E-state index < -0.39 is 0 Å². The molecule has 1 atom stereocenters. The molecule has 19 heavy (non-hydrogen) atoms. The third kappa shape index (κ3) is 2.26. The summed E-state index contributed by atoms with van der Waals surface area (Å²) in [4.78, 5) is 10.7. The van der Waals surface area contributed by atoms with Crippen LogP contribution in [0.5, 0.6) is 0 Å². The summed E-state index contributed by atoms with van der Waals surface area (Å²) in [5.41, 5.74) is 8.25. The Morgan fingerprint density at radius 3 is 2.79 bits per heavy atom. The van der Waals surface area contributed by atoms with Gasteiger partial charge < -0.3 is 10.6 Å². The zero-order chi connectivity index (χ0) is 13.2. The molecule has 1 saturated heterocycles. The van der Waals surface area contributed by atoms with Crippen molar-refractivity contribution < 1.29 is 0 Å². The van der Waals surface area contributed by atoms with Crippen LogP contribution in [0.1, 0.15) is 23.5 Å². The number of anilines is 2. The van der Waals surface area contributed by atoms with Crippen molar-refractivity contribution in [3.8, 4) is 0 Å². The van der Waals surface area contributed by atoms with Gasteiger partial charge in [0, 0.05) is 24.6 Å². The highest BCUT2D eigenvalue weighted by molar-refractivity contribution is 5.56. The molecule has 4 heteroatoms. The topological polar surface area (TPSA) is 55.0 Å². The number of nitrogens with zero attached hydrogens (tertiary/aromatic N) is 3. The molecular formula is C15H18N4. The number of rotatable bonds is 2. The first-order valence-corrected chi connectivity index (χ1v) is 6.62. The molecule has 0 aliphatic carbocycles. The molecule has 1 aromatic heterocycles. The number of aromatic nitrogens is 2. The molecule has 0 amide bonds. The molecule has 0 spiro atoms. The van der Waals surface area contributed by atoms with Crippen molar-refractivity contribution in [3.05, 3.63) is 47.8 Å². The molecule has 2 aromatic rings. The molecule has 0 radical (unpaired) electrons. The van der Waals surface area contributed by atoms with Gasteiger partial charge in [0.05, 0.1) is 0 Å². The minimum atomic E-state index is 0.577. The predicted molar refractivity (Wildman–Crippen MR) is 77.2 cm³/mol. The highest BCUT2D eigenvalue weighted by atomic mass is 15.2. The summed E-state index contributed by atoms with van der Waals surface area (Å²) in [7, 11) is 0. The van der Waals surface area contributed by atoms with Crippen LogP contribution in [0, 0.1) is 6.92 Å². The third-order valence-electron chi connectivity index (χ3n) is 3.86. The molecule has 0 bridgehead atoms. The Morgan fingerprint density at radius 2 is 2.00 bits per heavy atom. The molecule has 98 valence electrons. The maximum atomic E-state index is 5.86. The molecule has 1 unspecified atom stereocenters. The molecule has 2 heterocycles. The van der Waals surface area contributed by atoms with Crippen LogP contribution in [-0.2, 0) is 0 Å². The molecule has 1 aliphatic rings. The summed E-state index contributed by atoms with van der Waals surface area (Å²) in [6.45, 7) is 4.01. The quantitative estimate of drug-likeness (QED) is 0.894. The van der Waals surface area contributed by atoms with Crippen molar-refractivity contribution in [2.75, 3.05) is 23.7 Å². The van der Waals surface area contributed by atoms with Crippen molar-refractivity contribution in [1.29, 1.82) is 0 Å². The standard InChI is InChI=1S/C15H18N4/c1-11-14(16)17-10-18-15(11)19-8-7-13(9-19)12-5-3-2-4-6-12/h2-6,10,13H,7-9H2,1H3,(H2,16,17,18). The highest BCUT2D eigenvalue weighted by Gasteiger charge is 2.26. The molecule has 4 nitrogen and oxygen atoms in total. The summed E-state index contributed by atoms with van der Waals surface area (Å²) in [5, 5.41) is 0. The molecule has 3 rings (SSSR count). The molecule has 1 aliphatic heterocycles. The lowest BCUT2D eigenvalue weighted by molar-refractivity contribution is 0.774. The van der Waals surface area contributed by atoms with Crippen LogP contribution in [0.2, 0.25) is 0 Å². The maximum absolute atomic E-state index is 5.86. The Labute approximate surface area is 113 Å². The third-order valence-corrected chi connectivity index (χ3v) is 3.86. The molecule has 1 fully saturated rings. The van der Waals surface area contributed by atoms with Gasteiger partial charge in [-0.3, -0.25) is 0 Å². The smallest absolute Gasteiger partial charge is 0.137 e. The monoisotopic (exact) mass is 254 g/mol. The van der Waals surface area contributed by atoms with E-state index in [0.717, 1.165) is 30.9 Å². The van der Waals surface area contributed by atoms with Gasteiger partial charge in [-0.25, -0.2) is 9.97 Å². The molecule has 2 N–H and O–H groups in total. The minimum absolute atomic E-state index is 0.577. The van der Waals surface area contributed by atoms with Gasteiger partial charge in [0.2, 0.25) is 0 Å². The second-order valence-electron chi connectivity index (χ2n) is 5.05. The van der Waals surface area contributed by atoms with E-state index in [1.54, 1.807) is 6.33 Å². The predicted octanol–water partition coefficient (Wildman–Crippen LogP) is 2.36. The zero-order valence-corrected chi connectivity index (χ0v) is 11.1. The van der Waals surface area contributed by atoms with Crippen molar-refractivity contribution in [3.63, 3.8) is 0 Å². The van der Waals surface area contributed by atoms with Crippen molar-refractivity contribution >= 4 is 11.6 Å². The minimum Gasteiger partial charge on any atom is -0.383 e. The van der Waals surface area contributed by atoms with E-state index in [2.05, 4.69) is 45.2 Å². The number of nitrogen functional groups attached to an aromatic ring is 1. The summed E-state index contributed by atoms with van der Waals surface area (Å²) in [5.74, 6) is 2.14. The van der Waals surface area contributed by atoms with Crippen molar-refractivity contribution in [2.45, 2.75) is 19.3 Å². The van der Waals surface area contributed by atoms with E-state index in [0.29, 0.717) is 11.7 Å². The Hall–Kier alpha value is -2.10. The van der Waals surface area contributed by atoms with E-state index in [1.165, 1.54) is 5.56 Å². The average Bonchev–Trinajstić information content (AvgIpc) is 2.92. The number of nitrogens with two attached hydrogens (primary N) is 1. The Balaban J connectivity index is 1.81. The fourth-order valence-corrected chi connectivity index (χ4v) is 2.72. The van der Waals surface area contributed by atoms with Gasteiger partial charge in [0.25, 0.3) is 0 Å². The van der Waals surface area contributed by atoms with E-state index in [9.17, 15) is 0 Å². The number of benzene rings is 1. The first-order chi connectivity index (χ1) is 9.25. The number of hydrogen-bond donors (Lipinski definition) is 1. The van der Waals surface area contributed by atoms with Crippen LogP contribution < -0.4 is 10.6 Å². The largest absolute Gasteiger partial charge is 0.383 e. The molecule has 0 saturated carbocycles. The van der Waals surface area contributed by atoms with Crippen LogP contribution in [0.4, 0.5) is 11.6 Å². The number of hydrogen-bond acceptors (Lipinski definition) is 4. The lowest BCUT2D eigenvalue weighted by Crippen LogP contribution is -2.22. The van der Waals surface area contributed by atoms with E-state index in [-0.39, 0.29) is 0 Å². The fraction of sp³-hybridized carbons (Fsp3) is 0.333. The van der Waals surface area contributed by atoms with Gasteiger partial charge >= 0.3 is 0 Å². The first kappa shape index (κ1) is 12.0. The SMILES string of the molecule is Cc1c(N)ncnc1N1CCC(c2ccccc2)C1. The van der Waals surface area contributed by atoms with Gasteiger partial charge in [-0.2, -0.15) is 0 Å². The fourth-order valence-electron chi connectivity index (χ4n) is 2.72. The van der Waals surface area contributed by atoms with Gasteiger partial charge in [0.1, 0.15) is 18.0 Å². The van der Waals surface area contributed by atoms with Gasteiger partial charge in [-0.15, -0.1) is 0 Å². The van der Waals surface area contributed by atoms with Crippen LogP contribution in [0.3, 0.4) is 0 Å². The second-order valence-corrected chi connectivity index (χ2v) is 5.05. The zero-order valence-electron chi connectivity index (χ0n) is 11.1. The second kappa shape index (κ2) is 4.88. The van der Waals surface area contributed by atoms with E-state index in [4.69, 9.17) is 5.73 Å². The van der Waals surface area contributed by atoms with Crippen LogP contribution in [0.15, 0.2) is 36.7 Å². The van der Waals surface area contributed by atoms with Crippen LogP contribution >= 0.6 is 0 Å². The summed E-state index contributed by atoms with van der Waals surface area (Å²) in [6, 6.07) is 10.7. The van der Waals surface area contributed by atoms with Gasteiger partial charge in [-0.05, 0) is 18.9 Å². The molecular weight excluding hydrogens is 236 g/mol. The van der Waals surface area contributed by atoms with Gasteiger partial charge in [0.15, 0.2) is 0 Å². The normalized spacial score (nSPS) is 18.8. The maximum Gasteiger partial charge on any atom is 0.137 e.